The Morgan fingerprint density at radius 1 is 1.29 bits per heavy atom. The van der Waals surface area contributed by atoms with Crippen molar-refractivity contribution in [2.45, 2.75) is 39.2 Å². The summed E-state index contributed by atoms with van der Waals surface area (Å²) in [4.78, 5) is 14.0. The zero-order valence-electron chi connectivity index (χ0n) is 13.3. The van der Waals surface area contributed by atoms with Gasteiger partial charge in [0.1, 0.15) is 5.60 Å². The van der Waals surface area contributed by atoms with Crippen LogP contribution in [0.1, 0.15) is 39.2 Å². The molecular formula is C18H25NO2. The van der Waals surface area contributed by atoms with Crippen molar-refractivity contribution in [1.29, 1.82) is 0 Å². The van der Waals surface area contributed by atoms with Gasteiger partial charge in [-0.25, -0.2) is 4.79 Å². The van der Waals surface area contributed by atoms with Crippen molar-refractivity contribution >= 4 is 11.7 Å². The fourth-order valence-electron chi connectivity index (χ4n) is 2.64. The predicted molar refractivity (Wildman–Crippen MR) is 86.0 cm³/mol. The van der Waals surface area contributed by atoms with Crippen molar-refractivity contribution in [3.8, 4) is 0 Å². The van der Waals surface area contributed by atoms with Gasteiger partial charge in [-0.3, -0.25) is 0 Å². The average Bonchev–Trinajstić information content (AvgIpc) is 2.46. The van der Waals surface area contributed by atoms with Crippen molar-refractivity contribution in [2.24, 2.45) is 5.92 Å². The smallest absolute Gasteiger partial charge is 0.410 e. The summed E-state index contributed by atoms with van der Waals surface area (Å²) in [5, 5.41) is 0. The molecule has 0 spiro atoms. The SMILES string of the molecule is C=C(c1ccccc1)[C@H]1CCCN(C(=O)OC(C)(C)C)C1. The number of carbonyl (C=O) groups is 1. The van der Waals surface area contributed by atoms with Crippen LogP contribution in [0.15, 0.2) is 36.9 Å². The third-order valence-corrected chi connectivity index (χ3v) is 3.71. The first-order chi connectivity index (χ1) is 9.87. The molecule has 0 radical (unpaired) electrons. The van der Waals surface area contributed by atoms with Crippen molar-refractivity contribution < 1.29 is 9.53 Å². The van der Waals surface area contributed by atoms with Crippen LogP contribution < -0.4 is 0 Å². The molecule has 1 heterocycles. The summed E-state index contributed by atoms with van der Waals surface area (Å²) >= 11 is 0. The lowest BCUT2D eigenvalue weighted by Crippen LogP contribution is -2.43. The second kappa shape index (κ2) is 6.33. The van der Waals surface area contributed by atoms with E-state index in [1.165, 1.54) is 0 Å². The molecule has 1 aromatic rings. The molecule has 1 saturated heterocycles. The number of hydrogen-bond donors (Lipinski definition) is 0. The van der Waals surface area contributed by atoms with E-state index in [4.69, 9.17) is 4.74 Å². The molecule has 1 atom stereocenters. The third-order valence-electron chi connectivity index (χ3n) is 3.71. The Hall–Kier alpha value is -1.77. The molecule has 0 saturated carbocycles. The van der Waals surface area contributed by atoms with Crippen molar-refractivity contribution in [3.63, 3.8) is 0 Å². The van der Waals surface area contributed by atoms with Gasteiger partial charge in [0.25, 0.3) is 0 Å². The molecule has 1 aromatic carbocycles. The lowest BCUT2D eigenvalue weighted by atomic mass is 9.87. The maximum Gasteiger partial charge on any atom is 0.410 e. The number of benzene rings is 1. The fourth-order valence-corrected chi connectivity index (χ4v) is 2.64. The number of nitrogens with zero attached hydrogens (tertiary/aromatic N) is 1. The van der Waals surface area contributed by atoms with Crippen LogP contribution in [-0.2, 0) is 4.74 Å². The van der Waals surface area contributed by atoms with Gasteiger partial charge in [0.05, 0.1) is 0 Å². The predicted octanol–water partition coefficient (Wildman–Crippen LogP) is 4.35. The van der Waals surface area contributed by atoms with E-state index in [-0.39, 0.29) is 6.09 Å². The molecular weight excluding hydrogens is 262 g/mol. The summed E-state index contributed by atoms with van der Waals surface area (Å²) in [6, 6.07) is 10.2. The van der Waals surface area contributed by atoms with Gasteiger partial charge in [0.2, 0.25) is 0 Å². The Morgan fingerprint density at radius 2 is 1.95 bits per heavy atom. The first-order valence-electron chi connectivity index (χ1n) is 7.59. The van der Waals surface area contributed by atoms with Crippen LogP contribution in [0, 0.1) is 5.92 Å². The molecule has 0 bridgehead atoms. The number of ether oxygens (including phenoxy) is 1. The van der Waals surface area contributed by atoms with Gasteiger partial charge in [-0.15, -0.1) is 0 Å². The highest BCUT2D eigenvalue weighted by Crippen LogP contribution is 2.30. The summed E-state index contributed by atoms with van der Waals surface area (Å²) in [6.45, 7) is 11.4. The highest BCUT2D eigenvalue weighted by molar-refractivity contribution is 5.70. The highest BCUT2D eigenvalue weighted by Gasteiger charge is 2.28. The molecule has 1 aliphatic heterocycles. The minimum atomic E-state index is -0.444. The first kappa shape index (κ1) is 15.6. The van der Waals surface area contributed by atoms with Crippen LogP contribution in [0.4, 0.5) is 4.79 Å². The van der Waals surface area contributed by atoms with E-state index in [0.29, 0.717) is 12.5 Å². The minimum absolute atomic E-state index is 0.215. The second-order valence-electron chi connectivity index (χ2n) is 6.66. The van der Waals surface area contributed by atoms with Crippen LogP contribution in [-0.4, -0.2) is 29.7 Å². The van der Waals surface area contributed by atoms with Crippen LogP contribution in [0.3, 0.4) is 0 Å². The molecule has 0 unspecified atom stereocenters. The van der Waals surface area contributed by atoms with E-state index < -0.39 is 5.60 Å². The van der Waals surface area contributed by atoms with E-state index in [1.54, 1.807) is 0 Å². The molecule has 3 nitrogen and oxygen atoms in total. The van der Waals surface area contributed by atoms with Crippen molar-refractivity contribution in [1.82, 2.24) is 4.90 Å². The standard InChI is InChI=1S/C18H25NO2/c1-14(15-9-6-5-7-10-15)16-11-8-12-19(13-16)17(20)21-18(2,3)4/h5-7,9-10,16H,1,8,11-13H2,2-4H3/t16-/m0/s1. The van der Waals surface area contributed by atoms with Crippen LogP contribution >= 0.6 is 0 Å². The summed E-state index contributed by atoms with van der Waals surface area (Å²) < 4.78 is 5.47. The van der Waals surface area contributed by atoms with E-state index in [9.17, 15) is 4.79 Å². The molecule has 0 N–H and O–H groups in total. The Balaban J connectivity index is 2.01. The number of piperidine rings is 1. The zero-order valence-corrected chi connectivity index (χ0v) is 13.3. The lowest BCUT2D eigenvalue weighted by Gasteiger charge is -2.35. The Bertz CT molecular complexity index is 502. The van der Waals surface area contributed by atoms with Gasteiger partial charge in [0.15, 0.2) is 0 Å². The molecule has 1 fully saturated rings. The van der Waals surface area contributed by atoms with Gasteiger partial charge in [0, 0.05) is 19.0 Å². The highest BCUT2D eigenvalue weighted by atomic mass is 16.6. The Kier molecular flexibility index (Phi) is 4.71. The molecule has 1 amide bonds. The number of likely N-dealkylation sites (tertiary alicyclic amines) is 1. The van der Waals surface area contributed by atoms with E-state index in [1.807, 2.05) is 43.9 Å². The average molecular weight is 287 g/mol. The van der Waals surface area contributed by atoms with Gasteiger partial charge in [-0.1, -0.05) is 36.9 Å². The lowest BCUT2D eigenvalue weighted by molar-refractivity contribution is 0.0191. The summed E-state index contributed by atoms with van der Waals surface area (Å²) in [7, 11) is 0. The largest absolute Gasteiger partial charge is 0.444 e. The van der Waals surface area contributed by atoms with Gasteiger partial charge < -0.3 is 9.64 Å². The molecule has 0 aromatic heterocycles. The molecule has 114 valence electrons. The molecule has 3 heteroatoms. The van der Waals surface area contributed by atoms with E-state index in [0.717, 1.165) is 30.5 Å². The quantitative estimate of drug-likeness (QED) is 0.809. The summed E-state index contributed by atoms with van der Waals surface area (Å²) in [6.07, 6.45) is 1.86. The molecule has 0 aliphatic carbocycles. The summed E-state index contributed by atoms with van der Waals surface area (Å²) in [5.41, 5.74) is 1.83. The number of hydrogen-bond acceptors (Lipinski definition) is 2. The van der Waals surface area contributed by atoms with Crippen LogP contribution in [0.25, 0.3) is 5.57 Å². The Labute approximate surface area is 127 Å². The maximum atomic E-state index is 12.2. The summed E-state index contributed by atoms with van der Waals surface area (Å²) in [5.74, 6) is 0.314. The van der Waals surface area contributed by atoms with Gasteiger partial charge in [-0.05, 0) is 44.7 Å². The monoisotopic (exact) mass is 287 g/mol. The second-order valence-corrected chi connectivity index (χ2v) is 6.66. The number of rotatable bonds is 2. The number of carbonyl (C=O) groups excluding carboxylic acids is 1. The normalized spacial score (nSPS) is 19.2. The van der Waals surface area contributed by atoms with Crippen molar-refractivity contribution in [3.05, 3.63) is 42.5 Å². The van der Waals surface area contributed by atoms with Gasteiger partial charge in [-0.2, -0.15) is 0 Å². The zero-order chi connectivity index (χ0) is 15.5. The maximum absolute atomic E-state index is 12.2. The van der Waals surface area contributed by atoms with E-state index in [2.05, 4.69) is 18.7 Å². The van der Waals surface area contributed by atoms with Crippen LogP contribution in [0.2, 0.25) is 0 Å². The molecule has 2 rings (SSSR count). The van der Waals surface area contributed by atoms with Crippen LogP contribution in [0.5, 0.6) is 0 Å². The fraction of sp³-hybridized carbons (Fsp3) is 0.500. The minimum Gasteiger partial charge on any atom is -0.444 e. The number of amides is 1. The Morgan fingerprint density at radius 3 is 2.57 bits per heavy atom. The topological polar surface area (TPSA) is 29.5 Å². The van der Waals surface area contributed by atoms with Crippen molar-refractivity contribution in [2.75, 3.05) is 13.1 Å². The first-order valence-corrected chi connectivity index (χ1v) is 7.59. The van der Waals surface area contributed by atoms with E-state index >= 15 is 0 Å². The van der Waals surface area contributed by atoms with Gasteiger partial charge >= 0.3 is 6.09 Å². The molecule has 21 heavy (non-hydrogen) atoms. The third kappa shape index (κ3) is 4.35. The molecule has 1 aliphatic rings.